The van der Waals surface area contributed by atoms with Gasteiger partial charge in [-0.2, -0.15) is 0 Å². The lowest BCUT2D eigenvalue weighted by Gasteiger charge is -2.26. The number of nitrogens with one attached hydrogen (secondary N) is 1. The summed E-state index contributed by atoms with van der Waals surface area (Å²) < 4.78 is 80.4. The van der Waals surface area contributed by atoms with E-state index < -0.39 is 32.2 Å². The summed E-state index contributed by atoms with van der Waals surface area (Å²) in [7, 11) is -2.53. The molecule has 1 aliphatic carbocycles. The molecule has 1 aromatic heterocycles. The van der Waals surface area contributed by atoms with Gasteiger partial charge in [0.2, 0.25) is 10.0 Å². The Morgan fingerprint density at radius 2 is 1.79 bits per heavy atom. The van der Waals surface area contributed by atoms with E-state index in [2.05, 4.69) is 10.8 Å². The third-order valence-corrected chi connectivity index (χ3v) is 11.6. The van der Waals surface area contributed by atoms with Crippen molar-refractivity contribution in [1.82, 2.24) is 14.3 Å². The molecule has 2 N–H and O–H groups in total. The summed E-state index contributed by atoms with van der Waals surface area (Å²) in [5, 5.41) is 10.6. The number of sulfonamides is 1. The van der Waals surface area contributed by atoms with Crippen LogP contribution in [0.4, 0.5) is 13.2 Å². The van der Waals surface area contributed by atoms with Crippen LogP contribution < -0.4 is 9.46 Å². The fourth-order valence-electron chi connectivity index (χ4n) is 5.98. The summed E-state index contributed by atoms with van der Waals surface area (Å²) in [6.07, 6.45) is 3.48. The maximum atomic E-state index is 15.4. The number of hydrogen-bond acceptors (Lipinski definition) is 6. The van der Waals surface area contributed by atoms with E-state index in [0.717, 1.165) is 71.4 Å². The van der Waals surface area contributed by atoms with Gasteiger partial charge in [0.05, 0.1) is 29.0 Å². The van der Waals surface area contributed by atoms with E-state index >= 15 is 8.78 Å². The molecule has 0 fully saturated rings. The number of hydrogen-bond donors (Lipinski definition) is 2. The molecule has 1 heterocycles. The first-order valence-corrected chi connectivity index (χ1v) is 18.5. The molecule has 5 rings (SSSR count). The Kier molecular flexibility index (Phi) is 11.0. The third kappa shape index (κ3) is 7.93. The molecule has 258 valence electrons. The minimum Gasteiger partial charge on any atom is -0.496 e. The molecule has 0 bridgehead atoms. The zero-order valence-electron chi connectivity index (χ0n) is 27.8. The van der Waals surface area contributed by atoms with E-state index in [1.807, 2.05) is 30.5 Å². The SMILES string of the molecule is COc1cc(C2CCCc3nc(SCc4c(F)cc(S(=O)(=O)NCCCC(C)C(C)(C)O)cc4F)n(-c4ccc(F)cc4)c32)ccc1C. The van der Waals surface area contributed by atoms with E-state index in [1.165, 1.54) is 12.1 Å². The largest absolute Gasteiger partial charge is 0.496 e. The van der Waals surface area contributed by atoms with Crippen LogP contribution in [-0.2, 0) is 22.2 Å². The number of methoxy groups -OCH3 is 1. The van der Waals surface area contributed by atoms with Crippen molar-refractivity contribution in [2.45, 2.75) is 87.1 Å². The van der Waals surface area contributed by atoms with Crippen molar-refractivity contribution in [3.8, 4) is 11.4 Å². The maximum Gasteiger partial charge on any atom is 0.240 e. The number of thioether (sulfide) groups is 1. The highest BCUT2D eigenvalue weighted by Crippen LogP contribution is 2.42. The lowest BCUT2D eigenvalue weighted by atomic mass is 9.84. The molecular formula is C36H42F3N3O4S2. The van der Waals surface area contributed by atoms with Crippen LogP contribution in [0.5, 0.6) is 5.75 Å². The standard InChI is InChI=1S/C36H42F3N3O4S2/c1-22-11-12-24(18-33(22)46-5)28-9-6-10-32-34(28)42(26-15-13-25(37)14-16-26)35(41-32)47-21-29-30(38)19-27(20-31(29)39)48(44,45)40-17-7-8-23(2)36(3,4)43/h11-16,18-20,23,28,40,43H,6-10,17,21H2,1-5H3. The van der Waals surface area contributed by atoms with Gasteiger partial charge in [-0.25, -0.2) is 31.3 Å². The molecule has 2 unspecified atom stereocenters. The highest BCUT2D eigenvalue weighted by Gasteiger charge is 2.31. The lowest BCUT2D eigenvalue weighted by molar-refractivity contribution is 0.0208. The quantitative estimate of drug-likeness (QED) is 0.109. The van der Waals surface area contributed by atoms with Gasteiger partial charge in [0.15, 0.2) is 5.16 Å². The minimum absolute atomic E-state index is 0.0426. The number of imidazole rings is 1. The normalized spacial score (nSPS) is 15.7. The average Bonchev–Trinajstić information content (AvgIpc) is 3.41. The first-order valence-electron chi connectivity index (χ1n) is 16.0. The highest BCUT2D eigenvalue weighted by molar-refractivity contribution is 7.98. The van der Waals surface area contributed by atoms with Gasteiger partial charge >= 0.3 is 0 Å². The number of ether oxygens (including phenoxy) is 1. The molecule has 0 saturated carbocycles. The van der Waals surface area contributed by atoms with Gasteiger partial charge < -0.3 is 9.84 Å². The molecule has 0 spiro atoms. The van der Waals surface area contributed by atoms with Crippen LogP contribution in [-0.4, -0.2) is 42.3 Å². The van der Waals surface area contributed by atoms with Gasteiger partial charge in [0.25, 0.3) is 0 Å². The zero-order valence-corrected chi connectivity index (χ0v) is 29.5. The van der Waals surface area contributed by atoms with Crippen molar-refractivity contribution in [2.75, 3.05) is 13.7 Å². The van der Waals surface area contributed by atoms with Gasteiger partial charge in [-0.1, -0.05) is 30.8 Å². The summed E-state index contributed by atoms with van der Waals surface area (Å²) in [5.41, 5.74) is 3.36. The maximum absolute atomic E-state index is 15.4. The summed E-state index contributed by atoms with van der Waals surface area (Å²) >= 11 is 1.13. The minimum atomic E-state index is -4.17. The van der Waals surface area contributed by atoms with E-state index in [9.17, 15) is 17.9 Å². The van der Waals surface area contributed by atoms with Gasteiger partial charge in [0.1, 0.15) is 23.2 Å². The fourth-order valence-corrected chi connectivity index (χ4v) is 8.14. The molecule has 0 radical (unpaired) electrons. The second kappa shape index (κ2) is 14.7. The Morgan fingerprint density at radius 1 is 1.10 bits per heavy atom. The first-order chi connectivity index (χ1) is 22.7. The lowest BCUT2D eigenvalue weighted by Crippen LogP contribution is -2.30. The Balaban J connectivity index is 1.41. The number of nitrogens with zero attached hydrogens (tertiary/aromatic N) is 2. The second-order valence-corrected chi connectivity index (χ2v) is 15.7. The summed E-state index contributed by atoms with van der Waals surface area (Å²) in [4.78, 5) is 4.42. The Bertz CT molecular complexity index is 1850. The number of aromatic nitrogens is 2. The molecular weight excluding hydrogens is 660 g/mol. The highest BCUT2D eigenvalue weighted by atomic mass is 32.2. The van der Waals surface area contributed by atoms with Crippen LogP contribution >= 0.6 is 11.8 Å². The predicted molar refractivity (Wildman–Crippen MR) is 182 cm³/mol. The summed E-state index contributed by atoms with van der Waals surface area (Å²) in [6.45, 7) is 7.30. The van der Waals surface area contributed by atoms with Crippen molar-refractivity contribution in [3.05, 3.63) is 100 Å². The molecule has 0 amide bonds. The van der Waals surface area contributed by atoms with Crippen LogP contribution in [0.25, 0.3) is 5.69 Å². The Morgan fingerprint density at radius 3 is 2.44 bits per heavy atom. The second-order valence-electron chi connectivity index (χ2n) is 13.0. The summed E-state index contributed by atoms with van der Waals surface area (Å²) in [5.74, 6) is -1.83. The van der Waals surface area contributed by atoms with E-state index in [4.69, 9.17) is 9.72 Å². The molecule has 0 aliphatic heterocycles. The molecule has 7 nitrogen and oxygen atoms in total. The number of benzene rings is 3. The predicted octanol–water partition coefficient (Wildman–Crippen LogP) is 7.83. The third-order valence-electron chi connectivity index (χ3n) is 9.20. The molecule has 12 heteroatoms. The molecule has 0 saturated heterocycles. The average molecular weight is 702 g/mol. The Hall–Kier alpha value is -3.32. The van der Waals surface area contributed by atoms with Crippen LogP contribution in [0.15, 0.2) is 64.6 Å². The fraction of sp³-hybridized carbons (Fsp3) is 0.417. The van der Waals surface area contributed by atoms with E-state index in [-0.39, 0.29) is 35.5 Å². The zero-order chi connectivity index (χ0) is 34.8. The molecule has 1 aliphatic rings. The van der Waals surface area contributed by atoms with E-state index in [1.54, 1.807) is 33.1 Å². The monoisotopic (exact) mass is 701 g/mol. The van der Waals surface area contributed by atoms with Crippen molar-refractivity contribution >= 4 is 21.8 Å². The van der Waals surface area contributed by atoms with Gasteiger partial charge in [-0.05, 0) is 112 Å². The van der Waals surface area contributed by atoms with Gasteiger partial charge in [-0.15, -0.1) is 0 Å². The van der Waals surface area contributed by atoms with Crippen molar-refractivity contribution in [2.24, 2.45) is 5.92 Å². The number of halogens is 3. The number of aryl methyl sites for hydroxylation is 2. The van der Waals surface area contributed by atoms with Crippen molar-refractivity contribution < 1.29 is 31.4 Å². The number of aliphatic hydroxyl groups is 1. The van der Waals surface area contributed by atoms with Crippen LogP contribution in [0.1, 0.15) is 80.5 Å². The van der Waals surface area contributed by atoms with Gasteiger partial charge in [-0.3, -0.25) is 4.57 Å². The number of rotatable bonds is 13. The van der Waals surface area contributed by atoms with Crippen molar-refractivity contribution in [3.63, 3.8) is 0 Å². The topological polar surface area (TPSA) is 93.4 Å². The van der Waals surface area contributed by atoms with Crippen LogP contribution in [0.3, 0.4) is 0 Å². The molecule has 48 heavy (non-hydrogen) atoms. The van der Waals surface area contributed by atoms with Crippen LogP contribution in [0, 0.1) is 30.3 Å². The number of fused-ring (bicyclic) bond motifs is 1. The summed E-state index contributed by atoms with van der Waals surface area (Å²) in [6, 6.07) is 13.8. The van der Waals surface area contributed by atoms with Crippen molar-refractivity contribution in [1.29, 1.82) is 0 Å². The first kappa shape index (κ1) is 36.0. The molecule has 3 aromatic carbocycles. The van der Waals surface area contributed by atoms with Gasteiger partial charge in [0, 0.05) is 29.5 Å². The molecule has 2 atom stereocenters. The Labute approximate surface area is 285 Å². The van der Waals surface area contributed by atoms with Crippen LogP contribution in [0.2, 0.25) is 0 Å². The smallest absolute Gasteiger partial charge is 0.240 e. The van der Waals surface area contributed by atoms with E-state index in [0.29, 0.717) is 23.7 Å². The molecule has 4 aromatic rings.